The fourth-order valence-electron chi connectivity index (χ4n) is 3.86. The lowest BCUT2D eigenvalue weighted by Crippen LogP contribution is -2.21. The van der Waals surface area contributed by atoms with Crippen LogP contribution in [0.25, 0.3) is 33.2 Å². The van der Waals surface area contributed by atoms with Gasteiger partial charge in [-0.05, 0) is 42.8 Å². The number of H-pyrrole nitrogens is 2. The summed E-state index contributed by atoms with van der Waals surface area (Å²) in [6.07, 6.45) is 1.88. The van der Waals surface area contributed by atoms with Crippen LogP contribution in [0.1, 0.15) is 16.2 Å². The molecule has 1 amide bonds. The number of fused-ring (bicyclic) bond motifs is 2. The summed E-state index contributed by atoms with van der Waals surface area (Å²) in [5.41, 5.74) is 5.41. The quantitative estimate of drug-likeness (QED) is 0.333. The number of benzene rings is 2. The molecule has 0 radical (unpaired) electrons. The van der Waals surface area contributed by atoms with E-state index in [4.69, 9.17) is 16.3 Å². The first-order valence-electron chi connectivity index (χ1n) is 10.5. The van der Waals surface area contributed by atoms with Crippen molar-refractivity contribution in [1.29, 1.82) is 0 Å². The number of nitrogens with zero attached hydrogens (tertiary/aromatic N) is 4. The van der Waals surface area contributed by atoms with E-state index in [1.807, 2.05) is 31.3 Å². The molecule has 0 aliphatic heterocycles. The first kappa shape index (κ1) is 21.7. The number of methoxy groups -OCH3 is 1. The van der Waals surface area contributed by atoms with Crippen LogP contribution >= 0.6 is 11.6 Å². The molecule has 0 aliphatic rings. The van der Waals surface area contributed by atoms with Crippen LogP contribution in [0.3, 0.4) is 0 Å². The minimum atomic E-state index is -0.130. The van der Waals surface area contributed by atoms with E-state index in [9.17, 15) is 4.79 Å². The maximum Gasteiger partial charge on any atom is 0.253 e. The molecule has 0 aliphatic carbocycles. The number of amides is 1. The van der Waals surface area contributed by atoms with Crippen molar-refractivity contribution in [2.24, 2.45) is 0 Å². The Morgan fingerprint density at radius 2 is 1.94 bits per heavy atom. The normalized spacial score (nSPS) is 11.2. The Labute approximate surface area is 200 Å². The molecule has 3 heterocycles. The van der Waals surface area contributed by atoms with Crippen molar-refractivity contribution in [3.05, 3.63) is 59.0 Å². The summed E-state index contributed by atoms with van der Waals surface area (Å²) in [5.74, 6) is 1.46. The Bertz CT molecular complexity index is 1550. The highest BCUT2D eigenvalue weighted by Crippen LogP contribution is 2.36. The number of anilines is 2. The fraction of sp³-hybridized carbons (Fsp3) is 0.167. The van der Waals surface area contributed by atoms with E-state index in [2.05, 4.69) is 30.2 Å². The zero-order valence-electron chi connectivity index (χ0n) is 19.0. The summed E-state index contributed by atoms with van der Waals surface area (Å²) in [5, 5.41) is 4.26. The van der Waals surface area contributed by atoms with Gasteiger partial charge in [-0.3, -0.25) is 4.79 Å². The molecular weight excluding hydrogens is 454 g/mol. The van der Waals surface area contributed by atoms with Crippen LogP contribution in [0.2, 0.25) is 5.02 Å². The summed E-state index contributed by atoms with van der Waals surface area (Å²) in [4.78, 5) is 33.8. The van der Waals surface area contributed by atoms with Crippen molar-refractivity contribution in [2.75, 3.05) is 26.5 Å². The first-order valence-corrected chi connectivity index (χ1v) is 10.9. The van der Waals surface area contributed by atoms with E-state index in [0.29, 0.717) is 33.7 Å². The number of carbonyl (C=O) groups is 1. The van der Waals surface area contributed by atoms with Crippen molar-refractivity contribution in [3.8, 4) is 17.0 Å². The topological polar surface area (TPSA) is 112 Å². The van der Waals surface area contributed by atoms with Crippen LogP contribution in [0, 0.1) is 6.92 Å². The molecular formula is C24H22ClN7O2. The second-order valence-electron chi connectivity index (χ2n) is 8.06. The molecule has 3 N–H and O–H groups in total. The maximum atomic E-state index is 12.2. The van der Waals surface area contributed by atoms with Gasteiger partial charge in [0.25, 0.3) is 5.91 Å². The predicted octanol–water partition coefficient (Wildman–Crippen LogP) is 4.92. The molecule has 5 rings (SSSR count). The van der Waals surface area contributed by atoms with Crippen LogP contribution in [-0.4, -0.2) is 56.9 Å². The monoisotopic (exact) mass is 475 g/mol. The van der Waals surface area contributed by atoms with Gasteiger partial charge in [-0.15, -0.1) is 0 Å². The van der Waals surface area contributed by atoms with Crippen molar-refractivity contribution in [2.45, 2.75) is 6.92 Å². The van der Waals surface area contributed by atoms with Crippen LogP contribution in [0.15, 0.2) is 42.6 Å². The molecule has 0 saturated heterocycles. The smallest absolute Gasteiger partial charge is 0.253 e. The molecule has 5 aromatic rings. The highest BCUT2D eigenvalue weighted by atomic mass is 35.5. The summed E-state index contributed by atoms with van der Waals surface area (Å²) in [7, 11) is 4.95. The first-order chi connectivity index (χ1) is 16.3. The van der Waals surface area contributed by atoms with Crippen molar-refractivity contribution in [3.63, 3.8) is 0 Å². The third-order valence-electron chi connectivity index (χ3n) is 5.47. The Hall–Kier alpha value is -4.11. The summed E-state index contributed by atoms with van der Waals surface area (Å²) in [6, 6.07) is 11.1. The van der Waals surface area contributed by atoms with Gasteiger partial charge >= 0.3 is 0 Å². The molecule has 34 heavy (non-hydrogen) atoms. The Morgan fingerprint density at radius 1 is 1.12 bits per heavy atom. The maximum absolute atomic E-state index is 12.2. The average Bonchev–Trinajstić information content (AvgIpc) is 3.41. The number of halogens is 1. The number of hydrogen-bond acceptors (Lipinski definition) is 6. The molecule has 0 bridgehead atoms. The number of hydrogen-bond donors (Lipinski definition) is 3. The van der Waals surface area contributed by atoms with Crippen LogP contribution in [0.5, 0.6) is 5.88 Å². The molecule has 0 saturated carbocycles. The number of rotatable bonds is 5. The minimum Gasteiger partial charge on any atom is -0.480 e. The summed E-state index contributed by atoms with van der Waals surface area (Å²) in [6.45, 7) is 1.93. The van der Waals surface area contributed by atoms with Crippen molar-refractivity contribution in [1.82, 2.24) is 29.8 Å². The van der Waals surface area contributed by atoms with Crippen LogP contribution in [0.4, 0.5) is 11.6 Å². The number of ether oxygens (including phenoxy) is 1. The third kappa shape index (κ3) is 3.80. The number of aryl methyl sites for hydroxylation is 1. The van der Waals surface area contributed by atoms with E-state index in [1.54, 1.807) is 39.4 Å². The lowest BCUT2D eigenvalue weighted by atomic mass is 10.1. The largest absolute Gasteiger partial charge is 0.480 e. The highest BCUT2D eigenvalue weighted by Gasteiger charge is 2.18. The van der Waals surface area contributed by atoms with Crippen molar-refractivity contribution < 1.29 is 9.53 Å². The predicted molar refractivity (Wildman–Crippen MR) is 133 cm³/mol. The highest BCUT2D eigenvalue weighted by molar-refractivity contribution is 6.33. The lowest BCUT2D eigenvalue weighted by molar-refractivity contribution is 0.0827. The van der Waals surface area contributed by atoms with E-state index < -0.39 is 0 Å². The molecule has 0 spiro atoms. The van der Waals surface area contributed by atoms with Gasteiger partial charge in [-0.1, -0.05) is 17.7 Å². The van der Waals surface area contributed by atoms with E-state index in [-0.39, 0.29) is 5.91 Å². The van der Waals surface area contributed by atoms with E-state index in [0.717, 1.165) is 33.4 Å². The molecule has 2 aromatic carbocycles. The minimum absolute atomic E-state index is 0.130. The van der Waals surface area contributed by atoms with Gasteiger partial charge < -0.3 is 24.9 Å². The molecule has 9 nitrogen and oxygen atoms in total. The van der Waals surface area contributed by atoms with Gasteiger partial charge in [-0.2, -0.15) is 9.97 Å². The van der Waals surface area contributed by atoms with E-state index >= 15 is 0 Å². The number of carbonyl (C=O) groups excluding carboxylic acids is 1. The fourth-order valence-corrected chi connectivity index (χ4v) is 4.09. The van der Waals surface area contributed by atoms with Gasteiger partial charge in [0.05, 0.1) is 34.2 Å². The van der Waals surface area contributed by atoms with Crippen molar-refractivity contribution >= 4 is 51.2 Å². The third-order valence-corrected chi connectivity index (χ3v) is 5.79. The number of imidazole rings is 1. The van der Waals surface area contributed by atoms with Gasteiger partial charge in [0.1, 0.15) is 11.5 Å². The van der Waals surface area contributed by atoms with Crippen LogP contribution in [-0.2, 0) is 0 Å². The summed E-state index contributed by atoms with van der Waals surface area (Å²) < 4.78 is 5.61. The standard InChI is InChI=1S/C24H22ClN7O2/c1-12-27-18-8-5-13(10-19(18)28-12)15-11-26-21-20(15)22(34-4)31-24(30-21)29-17-7-6-14(9-16(17)25)23(33)32(2)3/h5-11H,1-4H3,(H,27,28)(H2,26,29,30,31). The van der Waals surface area contributed by atoms with E-state index in [1.165, 1.54) is 4.90 Å². The molecule has 0 fully saturated rings. The second kappa shape index (κ2) is 8.35. The summed E-state index contributed by atoms with van der Waals surface area (Å²) >= 11 is 6.42. The van der Waals surface area contributed by atoms with Gasteiger partial charge in [0.15, 0.2) is 0 Å². The number of aromatic nitrogens is 5. The number of nitrogens with one attached hydrogen (secondary N) is 3. The van der Waals surface area contributed by atoms with Gasteiger partial charge in [0, 0.05) is 31.4 Å². The SMILES string of the molecule is COc1nc(Nc2ccc(C(=O)N(C)C)cc2Cl)nc2[nH]cc(-c3ccc4[nH]c(C)nc4c3)c12. The Kier molecular flexibility index (Phi) is 5.33. The van der Waals surface area contributed by atoms with Gasteiger partial charge in [0.2, 0.25) is 11.8 Å². The second-order valence-corrected chi connectivity index (χ2v) is 8.46. The zero-order valence-corrected chi connectivity index (χ0v) is 19.8. The average molecular weight is 476 g/mol. The Balaban J connectivity index is 1.52. The zero-order chi connectivity index (χ0) is 24.0. The molecule has 0 atom stereocenters. The van der Waals surface area contributed by atoms with Gasteiger partial charge in [-0.25, -0.2) is 4.98 Å². The Morgan fingerprint density at radius 3 is 2.68 bits per heavy atom. The van der Waals surface area contributed by atoms with Crippen LogP contribution < -0.4 is 10.1 Å². The number of aromatic amines is 2. The molecule has 3 aromatic heterocycles. The lowest BCUT2D eigenvalue weighted by Gasteiger charge is -2.13. The molecule has 0 unspecified atom stereocenters. The molecule has 10 heteroatoms. The molecule has 172 valence electrons.